The van der Waals surface area contributed by atoms with Crippen LogP contribution >= 0.6 is 0 Å². The molecule has 6 heteroatoms. The van der Waals surface area contributed by atoms with Crippen LogP contribution in [0.1, 0.15) is 48.9 Å². The molecule has 1 aliphatic heterocycles. The molecule has 1 heterocycles. The largest absolute Gasteiger partial charge is 0.452 e. The van der Waals surface area contributed by atoms with Crippen LogP contribution in [0.2, 0.25) is 0 Å². The van der Waals surface area contributed by atoms with Gasteiger partial charge in [-0.3, -0.25) is 9.00 Å². The lowest BCUT2D eigenvalue weighted by atomic mass is 9.78. The summed E-state index contributed by atoms with van der Waals surface area (Å²) in [5, 5.41) is 0. The first-order chi connectivity index (χ1) is 12.1. The molecule has 136 valence electrons. The number of rotatable bonds is 4. The summed E-state index contributed by atoms with van der Waals surface area (Å²) in [6.45, 7) is 0.514. The summed E-state index contributed by atoms with van der Waals surface area (Å²) in [5.41, 5.74) is 0.269. The molecular formula is C19H25NO4S. The summed E-state index contributed by atoms with van der Waals surface area (Å²) in [7, 11) is -1.28. The average Bonchev–Trinajstić information content (AvgIpc) is 2.65. The highest BCUT2D eigenvalue weighted by molar-refractivity contribution is 7.84. The number of likely N-dealkylation sites (tertiary alicyclic amines) is 1. The van der Waals surface area contributed by atoms with E-state index in [1.165, 1.54) is 31.9 Å². The predicted octanol–water partition coefficient (Wildman–Crippen LogP) is 2.76. The quantitative estimate of drug-likeness (QED) is 0.772. The van der Waals surface area contributed by atoms with Crippen LogP contribution in [0.25, 0.3) is 0 Å². The lowest BCUT2D eigenvalue weighted by molar-refractivity contribution is -0.140. The van der Waals surface area contributed by atoms with Gasteiger partial charge in [0.1, 0.15) is 0 Å². The lowest BCUT2D eigenvalue weighted by Gasteiger charge is -2.44. The van der Waals surface area contributed by atoms with Crippen molar-refractivity contribution in [3.63, 3.8) is 0 Å². The lowest BCUT2D eigenvalue weighted by Crippen LogP contribution is -2.50. The second kappa shape index (κ2) is 8.13. The second-order valence-corrected chi connectivity index (χ2v) is 8.22. The van der Waals surface area contributed by atoms with Gasteiger partial charge in [-0.2, -0.15) is 0 Å². The SMILES string of the molecule is C[S@@](=O)c1ccccc1C(=O)OCC(=O)N1CCC[C@@H]2CCCC[C@@H]21. The van der Waals surface area contributed by atoms with E-state index in [1.807, 2.05) is 4.90 Å². The number of hydrogen-bond donors (Lipinski definition) is 0. The zero-order valence-corrected chi connectivity index (χ0v) is 15.4. The van der Waals surface area contributed by atoms with Crippen LogP contribution in [0.15, 0.2) is 29.2 Å². The molecule has 3 rings (SSSR count). The Kier molecular flexibility index (Phi) is 5.89. The van der Waals surface area contributed by atoms with E-state index < -0.39 is 16.8 Å². The molecule has 2 fully saturated rings. The highest BCUT2D eigenvalue weighted by Crippen LogP contribution is 2.35. The van der Waals surface area contributed by atoms with Crippen LogP contribution < -0.4 is 0 Å². The smallest absolute Gasteiger partial charge is 0.339 e. The number of benzene rings is 1. The van der Waals surface area contributed by atoms with Gasteiger partial charge in [0, 0.05) is 18.8 Å². The number of nitrogens with zero attached hydrogens (tertiary/aromatic N) is 1. The Labute approximate surface area is 151 Å². The highest BCUT2D eigenvalue weighted by atomic mass is 32.2. The maximum absolute atomic E-state index is 12.6. The predicted molar refractivity (Wildman–Crippen MR) is 95.7 cm³/mol. The van der Waals surface area contributed by atoms with Gasteiger partial charge in [-0.15, -0.1) is 0 Å². The van der Waals surface area contributed by atoms with Gasteiger partial charge >= 0.3 is 5.97 Å². The van der Waals surface area contributed by atoms with E-state index in [0.29, 0.717) is 16.9 Å². The summed E-state index contributed by atoms with van der Waals surface area (Å²) in [4.78, 5) is 27.3. The summed E-state index contributed by atoms with van der Waals surface area (Å²) < 4.78 is 17.0. The number of fused-ring (bicyclic) bond motifs is 1. The molecule has 1 aromatic rings. The Hall–Kier alpha value is -1.69. The van der Waals surface area contributed by atoms with Crippen molar-refractivity contribution < 1.29 is 18.5 Å². The molecule has 1 aromatic carbocycles. The first kappa shape index (κ1) is 18.1. The minimum absolute atomic E-state index is 0.111. The third-order valence-corrected chi connectivity index (χ3v) is 6.28. The molecule has 0 bridgehead atoms. The summed E-state index contributed by atoms with van der Waals surface area (Å²) in [6, 6.07) is 6.97. The summed E-state index contributed by atoms with van der Waals surface area (Å²) in [5.74, 6) is -0.0956. The van der Waals surface area contributed by atoms with E-state index in [4.69, 9.17) is 4.74 Å². The molecule has 2 aliphatic rings. The normalized spacial score (nSPS) is 24.3. The molecule has 3 atom stereocenters. The zero-order chi connectivity index (χ0) is 17.8. The van der Waals surface area contributed by atoms with Crippen molar-refractivity contribution >= 4 is 22.7 Å². The zero-order valence-electron chi connectivity index (χ0n) is 14.6. The third-order valence-electron chi connectivity index (χ3n) is 5.31. The van der Waals surface area contributed by atoms with E-state index >= 15 is 0 Å². The number of carbonyl (C=O) groups is 2. The molecule has 1 aliphatic carbocycles. The minimum Gasteiger partial charge on any atom is -0.452 e. The first-order valence-electron chi connectivity index (χ1n) is 8.97. The van der Waals surface area contributed by atoms with Crippen molar-refractivity contribution in [3.05, 3.63) is 29.8 Å². The molecule has 0 unspecified atom stereocenters. The molecule has 0 spiro atoms. The van der Waals surface area contributed by atoms with Crippen molar-refractivity contribution in [1.82, 2.24) is 4.90 Å². The van der Waals surface area contributed by atoms with Crippen LogP contribution in [0.4, 0.5) is 0 Å². The van der Waals surface area contributed by atoms with Gasteiger partial charge in [-0.1, -0.05) is 25.0 Å². The molecular weight excluding hydrogens is 338 g/mol. The van der Waals surface area contributed by atoms with Crippen LogP contribution in [0.5, 0.6) is 0 Å². The van der Waals surface area contributed by atoms with E-state index in [0.717, 1.165) is 19.4 Å². The van der Waals surface area contributed by atoms with Crippen molar-refractivity contribution in [3.8, 4) is 0 Å². The Balaban J connectivity index is 1.62. The Bertz CT molecular complexity index is 673. The fraction of sp³-hybridized carbons (Fsp3) is 0.579. The van der Waals surface area contributed by atoms with Gasteiger partial charge < -0.3 is 9.64 Å². The molecule has 1 saturated carbocycles. The van der Waals surface area contributed by atoms with Gasteiger partial charge in [0.2, 0.25) is 0 Å². The minimum atomic E-state index is -1.28. The van der Waals surface area contributed by atoms with Crippen molar-refractivity contribution in [1.29, 1.82) is 0 Å². The maximum atomic E-state index is 12.6. The summed E-state index contributed by atoms with van der Waals surface area (Å²) in [6.07, 6.45) is 8.42. The van der Waals surface area contributed by atoms with Crippen LogP contribution in [0, 0.1) is 5.92 Å². The second-order valence-electron chi connectivity index (χ2n) is 6.87. The van der Waals surface area contributed by atoms with E-state index in [-0.39, 0.29) is 18.1 Å². The monoisotopic (exact) mass is 363 g/mol. The molecule has 0 radical (unpaired) electrons. The first-order valence-corrected chi connectivity index (χ1v) is 10.5. The number of hydrogen-bond acceptors (Lipinski definition) is 4. The maximum Gasteiger partial charge on any atom is 0.339 e. The van der Waals surface area contributed by atoms with Gasteiger partial charge in [0.25, 0.3) is 5.91 Å². The Morgan fingerprint density at radius 1 is 1.16 bits per heavy atom. The van der Waals surface area contributed by atoms with E-state index in [9.17, 15) is 13.8 Å². The standard InChI is InChI=1S/C19H25NO4S/c1-25(23)17-11-5-3-9-15(17)19(22)24-13-18(21)20-12-6-8-14-7-2-4-10-16(14)20/h3,5,9,11,14,16H,2,4,6-8,10,12-13H2,1H3/t14-,16-,25+/m0/s1. The fourth-order valence-corrected chi connectivity index (χ4v) is 4.84. The van der Waals surface area contributed by atoms with Gasteiger partial charge in [0.05, 0.1) is 21.3 Å². The summed E-state index contributed by atoms with van der Waals surface area (Å²) >= 11 is 0. The Morgan fingerprint density at radius 3 is 2.68 bits per heavy atom. The van der Waals surface area contributed by atoms with Crippen molar-refractivity contribution in [2.45, 2.75) is 49.5 Å². The average molecular weight is 363 g/mol. The number of ether oxygens (including phenoxy) is 1. The molecule has 0 N–H and O–H groups in total. The molecule has 5 nitrogen and oxygen atoms in total. The molecule has 0 aromatic heterocycles. The van der Waals surface area contributed by atoms with Crippen molar-refractivity contribution in [2.24, 2.45) is 5.92 Å². The number of esters is 1. The molecule has 25 heavy (non-hydrogen) atoms. The third kappa shape index (κ3) is 4.11. The van der Waals surface area contributed by atoms with E-state index in [2.05, 4.69) is 0 Å². The van der Waals surface area contributed by atoms with Crippen molar-refractivity contribution in [2.75, 3.05) is 19.4 Å². The van der Waals surface area contributed by atoms with Crippen LogP contribution in [-0.4, -0.2) is 46.4 Å². The fourth-order valence-electron chi connectivity index (χ4n) is 4.11. The molecule has 1 saturated heterocycles. The number of piperidine rings is 1. The number of amides is 1. The van der Waals surface area contributed by atoms with E-state index in [1.54, 1.807) is 24.3 Å². The molecule has 1 amide bonds. The van der Waals surface area contributed by atoms with Gasteiger partial charge in [-0.25, -0.2) is 4.79 Å². The van der Waals surface area contributed by atoms with Gasteiger partial charge in [-0.05, 0) is 43.7 Å². The highest BCUT2D eigenvalue weighted by Gasteiger charge is 2.35. The van der Waals surface area contributed by atoms with Crippen LogP contribution in [0.3, 0.4) is 0 Å². The Morgan fingerprint density at radius 2 is 1.88 bits per heavy atom. The van der Waals surface area contributed by atoms with Crippen LogP contribution in [-0.2, 0) is 20.3 Å². The topological polar surface area (TPSA) is 63.7 Å². The van der Waals surface area contributed by atoms with Gasteiger partial charge in [0.15, 0.2) is 6.61 Å². The number of carbonyl (C=O) groups excluding carboxylic acids is 2.